The van der Waals surface area contributed by atoms with Crippen LogP contribution >= 0.6 is 7.60 Å². The first-order chi connectivity index (χ1) is 9.61. The van der Waals surface area contributed by atoms with E-state index in [1.807, 2.05) is 30.3 Å². The van der Waals surface area contributed by atoms with Crippen LogP contribution in [0.3, 0.4) is 0 Å². The van der Waals surface area contributed by atoms with Gasteiger partial charge in [-0.1, -0.05) is 30.3 Å². The standard InChI is InChI=1S/C12H16N3O4P/c1-18-20(17,19-2)12(13-9-16)8-11(14-15-12)10-6-4-3-5-7-10/h3-7,9,11H,8H2,1-2H3,(H,13,16). The van der Waals surface area contributed by atoms with Crippen molar-refractivity contribution < 1.29 is 18.4 Å². The van der Waals surface area contributed by atoms with Crippen LogP contribution in [0, 0.1) is 0 Å². The van der Waals surface area contributed by atoms with E-state index in [9.17, 15) is 9.36 Å². The van der Waals surface area contributed by atoms with E-state index >= 15 is 0 Å². The lowest BCUT2D eigenvalue weighted by Crippen LogP contribution is -2.42. The third-order valence-corrected chi connectivity index (χ3v) is 5.52. The molecule has 2 atom stereocenters. The zero-order valence-corrected chi connectivity index (χ0v) is 12.1. The van der Waals surface area contributed by atoms with Crippen LogP contribution in [-0.2, 0) is 18.4 Å². The fraction of sp³-hybridized carbons (Fsp3) is 0.417. The summed E-state index contributed by atoms with van der Waals surface area (Å²) in [6.07, 6.45) is 0.645. The molecule has 0 fully saturated rings. The average Bonchev–Trinajstić information content (AvgIpc) is 2.93. The van der Waals surface area contributed by atoms with E-state index in [-0.39, 0.29) is 12.5 Å². The molecule has 1 heterocycles. The third kappa shape index (κ3) is 2.40. The second-order valence-electron chi connectivity index (χ2n) is 4.29. The van der Waals surface area contributed by atoms with E-state index < -0.39 is 13.0 Å². The number of benzene rings is 1. The molecule has 20 heavy (non-hydrogen) atoms. The van der Waals surface area contributed by atoms with E-state index in [4.69, 9.17) is 9.05 Å². The van der Waals surface area contributed by atoms with Crippen molar-refractivity contribution in [3.63, 3.8) is 0 Å². The second-order valence-corrected chi connectivity index (χ2v) is 6.75. The second kappa shape index (κ2) is 5.83. The average molecular weight is 297 g/mol. The lowest BCUT2D eigenvalue weighted by Gasteiger charge is -2.30. The van der Waals surface area contributed by atoms with Crippen molar-refractivity contribution in [1.29, 1.82) is 0 Å². The minimum absolute atomic E-state index is 0.217. The zero-order valence-electron chi connectivity index (χ0n) is 11.2. The van der Waals surface area contributed by atoms with Gasteiger partial charge < -0.3 is 14.4 Å². The first kappa shape index (κ1) is 14.8. The lowest BCUT2D eigenvalue weighted by atomic mass is 10.0. The summed E-state index contributed by atoms with van der Waals surface area (Å²) in [5.74, 6) is 0. The Morgan fingerprint density at radius 3 is 2.55 bits per heavy atom. The minimum Gasteiger partial charge on any atom is -0.323 e. The van der Waals surface area contributed by atoms with Gasteiger partial charge in [-0.15, -0.1) is 0 Å². The predicted molar refractivity (Wildman–Crippen MR) is 72.2 cm³/mol. The summed E-state index contributed by atoms with van der Waals surface area (Å²) in [6, 6.07) is 9.13. The number of amides is 1. The van der Waals surface area contributed by atoms with Gasteiger partial charge in [0, 0.05) is 20.6 Å². The summed E-state index contributed by atoms with van der Waals surface area (Å²) in [7, 11) is -1.13. The van der Waals surface area contributed by atoms with Gasteiger partial charge in [0.15, 0.2) is 0 Å². The van der Waals surface area contributed by atoms with E-state index in [0.29, 0.717) is 6.41 Å². The number of carbonyl (C=O) groups is 1. The van der Waals surface area contributed by atoms with Gasteiger partial charge in [-0.05, 0) is 5.56 Å². The largest absolute Gasteiger partial charge is 0.379 e. The van der Waals surface area contributed by atoms with Crippen molar-refractivity contribution in [2.75, 3.05) is 14.2 Å². The molecule has 0 saturated heterocycles. The first-order valence-corrected chi connectivity index (χ1v) is 7.55. The minimum atomic E-state index is -3.64. The Labute approximate surface area is 116 Å². The van der Waals surface area contributed by atoms with Crippen LogP contribution in [-0.4, -0.2) is 26.0 Å². The molecule has 0 spiro atoms. The van der Waals surface area contributed by atoms with E-state index in [2.05, 4.69) is 15.5 Å². The van der Waals surface area contributed by atoms with Gasteiger partial charge in [0.25, 0.3) is 5.40 Å². The molecular weight excluding hydrogens is 281 g/mol. The summed E-state index contributed by atoms with van der Waals surface area (Å²) in [5, 5.41) is 9.08. The van der Waals surface area contributed by atoms with Crippen LogP contribution in [0.1, 0.15) is 18.0 Å². The van der Waals surface area contributed by atoms with Crippen molar-refractivity contribution >= 4 is 14.0 Å². The molecule has 1 aromatic rings. The molecule has 0 aliphatic carbocycles. The number of azo groups is 1. The lowest BCUT2D eigenvalue weighted by molar-refractivity contribution is -0.110. The molecule has 1 N–H and O–H groups in total. The van der Waals surface area contributed by atoms with Gasteiger partial charge in [0.05, 0.1) is 0 Å². The Morgan fingerprint density at radius 2 is 2.00 bits per heavy atom. The number of hydrogen-bond donors (Lipinski definition) is 1. The Balaban J connectivity index is 2.33. The predicted octanol–water partition coefficient (Wildman–Crippen LogP) is 2.47. The molecule has 0 aromatic heterocycles. The zero-order chi connectivity index (χ0) is 14.6. The van der Waals surface area contributed by atoms with Crippen molar-refractivity contribution in [2.45, 2.75) is 17.9 Å². The summed E-state index contributed by atoms with van der Waals surface area (Å²) < 4.78 is 22.6. The SMILES string of the molecule is COP(=O)(OC)C1(NC=O)CC(c2ccccc2)N=N1. The third-order valence-electron chi connectivity index (χ3n) is 3.25. The first-order valence-electron chi connectivity index (χ1n) is 6.01. The molecule has 0 bridgehead atoms. The van der Waals surface area contributed by atoms with Crippen molar-refractivity contribution in [3.8, 4) is 0 Å². The Bertz CT molecular complexity index is 543. The smallest absolute Gasteiger partial charge is 0.323 e. The van der Waals surface area contributed by atoms with Gasteiger partial charge in [0.1, 0.15) is 6.04 Å². The topological polar surface area (TPSA) is 89.3 Å². The van der Waals surface area contributed by atoms with Crippen molar-refractivity contribution in [2.24, 2.45) is 10.2 Å². The highest BCUT2D eigenvalue weighted by molar-refractivity contribution is 7.55. The van der Waals surface area contributed by atoms with E-state index in [1.165, 1.54) is 14.2 Å². The Morgan fingerprint density at radius 1 is 1.35 bits per heavy atom. The summed E-state index contributed by atoms with van der Waals surface area (Å²) in [6.45, 7) is 0. The number of carbonyl (C=O) groups excluding carboxylic acids is 1. The molecule has 2 rings (SSSR count). The van der Waals surface area contributed by atoms with Crippen LogP contribution in [0.4, 0.5) is 0 Å². The molecule has 0 radical (unpaired) electrons. The van der Waals surface area contributed by atoms with E-state index in [0.717, 1.165) is 5.56 Å². The van der Waals surface area contributed by atoms with Crippen LogP contribution in [0.15, 0.2) is 40.6 Å². The molecule has 108 valence electrons. The highest BCUT2D eigenvalue weighted by Gasteiger charge is 2.55. The normalized spacial score (nSPS) is 25.6. The molecule has 1 aliphatic heterocycles. The fourth-order valence-electron chi connectivity index (χ4n) is 2.18. The van der Waals surface area contributed by atoms with Crippen LogP contribution < -0.4 is 5.32 Å². The molecule has 1 amide bonds. The van der Waals surface area contributed by atoms with Gasteiger partial charge in [-0.2, -0.15) is 10.2 Å². The molecule has 1 aromatic carbocycles. The van der Waals surface area contributed by atoms with Crippen molar-refractivity contribution in [1.82, 2.24) is 5.32 Å². The summed E-state index contributed by atoms with van der Waals surface area (Å²) in [4.78, 5) is 10.8. The van der Waals surface area contributed by atoms with Crippen LogP contribution in [0.5, 0.6) is 0 Å². The maximum absolute atomic E-state index is 12.6. The maximum Gasteiger partial charge on any atom is 0.379 e. The molecule has 8 heteroatoms. The summed E-state index contributed by atoms with van der Waals surface area (Å²) in [5.41, 5.74) is 0.921. The van der Waals surface area contributed by atoms with Gasteiger partial charge in [-0.3, -0.25) is 9.36 Å². The quantitative estimate of drug-likeness (QED) is 0.645. The Kier molecular flexibility index (Phi) is 4.32. The number of nitrogens with zero attached hydrogens (tertiary/aromatic N) is 2. The van der Waals surface area contributed by atoms with Gasteiger partial charge >= 0.3 is 7.60 Å². The fourth-order valence-corrected chi connectivity index (χ4v) is 3.70. The highest BCUT2D eigenvalue weighted by Crippen LogP contribution is 2.63. The number of rotatable bonds is 6. The van der Waals surface area contributed by atoms with E-state index in [1.54, 1.807) is 0 Å². The molecular formula is C12H16N3O4P. The summed E-state index contributed by atoms with van der Waals surface area (Å²) >= 11 is 0. The monoisotopic (exact) mass is 297 g/mol. The molecule has 1 aliphatic rings. The molecule has 0 saturated carbocycles. The van der Waals surface area contributed by atoms with Crippen LogP contribution in [0.2, 0.25) is 0 Å². The molecule has 7 nitrogen and oxygen atoms in total. The maximum atomic E-state index is 12.6. The van der Waals surface area contributed by atoms with Crippen LogP contribution in [0.25, 0.3) is 0 Å². The number of nitrogens with one attached hydrogen (secondary N) is 1. The molecule has 2 unspecified atom stereocenters. The van der Waals surface area contributed by atoms with Gasteiger partial charge in [-0.25, -0.2) is 0 Å². The number of hydrogen-bond acceptors (Lipinski definition) is 6. The van der Waals surface area contributed by atoms with Gasteiger partial charge in [0.2, 0.25) is 6.41 Å². The van der Waals surface area contributed by atoms with Crippen molar-refractivity contribution in [3.05, 3.63) is 35.9 Å². The highest BCUT2D eigenvalue weighted by atomic mass is 31.2. The Hall–Kier alpha value is -1.56.